The lowest BCUT2D eigenvalue weighted by atomic mass is 10.2. The lowest BCUT2D eigenvalue weighted by molar-refractivity contribution is -0.116. The van der Waals surface area contributed by atoms with Gasteiger partial charge in [-0.2, -0.15) is 0 Å². The van der Waals surface area contributed by atoms with Crippen LogP contribution in [0.2, 0.25) is 0 Å². The number of carbonyl (C=O) groups is 1. The summed E-state index contributed by atoms with van der Waals surface area (Å²) in [5, 5.41) is 0. The standard InChI is InChI=1S/C8H12O/c1-7(2)5-4-6-8(3)9/h4-5H,1,6H2,2-3H3/b5-4-. The van der Waals surface area contributed by atoms with Gasteiger partial charge in [-0.05, 0) is 13.8 Å². The summed E-state index contributed by atoms with van der Waals surface area (Å²) < 4.78 is 0. The topological polar surface area (TPSA) is 17.1 Å². The second kappa shape index (κ2) is 4.07. The lowest BCUT2D eigenvalue weighted by Crippen LogP contribution is -1.83. The van der Waals surface area contributed by atoms with E-state index in [0.717, 1.165) is 5.57 Å². The molecule has 0 aromatic carbocycles. The molecule has 0 amide bonds. The molecule has 0 spiro atoms. The lowest BCUT2D eigenvalue weighted by Gasteiger charge is -1.84. The summed E-state index contributed by atoms with van der Waals surface area (Å²) in [6.45, 7) is 7.13. The predicted molar refractivity (Wildman–Crippen MR) is 39.3 cm³/mol. The molecular formula is C8H12O. The molecule has 0 saturated carbocycles. The number of Topliss-reactive ketones (excluding diaryl/α,β-unsaturated/α-hetero) is 1. The van der Waals surface area contributed by atoms with Gasteiger partial charge in [-0.1, -0.05) is 24.3 Å². The zero-order chi connectivity index (χ0) is 7.28. The van der Waals surface area contributed by atoms with Gasteiger partial charge in [0, 0.05) is 6.42 Å². The Labute approximate surface area is 56.1 Å². The highest BCUT2D eigenvalue weighted by molar-refractivity contribution is 5.77. The number of hydrogen-bond donors (Lipinski definition) is 0. The van der Waals surface area contributed by atoms with E-state index in [2.05, 4.69) is 6.58 Å². The highest BCUT2D eigenvalue weighted by atomic mass is 16.1. The Morgan fingerprint density at radius 3 is 2.44 bits per heavy atom. The highest BCUT2D eigenvalue weighted by Gasteiger charge is 1.83. The first kappa shape index (κ1) is 8.15. The van der Waals surface area contributed by atoms with Gasteiger partial charge in [-0.25, -0.2) is 0 Å². The fraction of sp³-hybridized carbons (Fsp3) is 0.375. The van der Waals surface area contributed by atoms with E-state index in [1.54, 1.807) is 6.92 Å². The Balaban J connectivity index is 3.48. The third kappa shape index (κ3) is 7.15. The van der Waals surface area contributed by atoms with Crippen LogP contribution in [0.5, 0.6) is 0 Å². The van der Waals surface area contributed by atoms with Crippen molar-refractivity contribution in [3.8, 4) is 0 Å². The molecule has 0 atom stereocenters. The first-order valence-electron chi connectivity index (χ1n) is 2.94. The molecule has 0 fully saturated rings. The van der Waals surface area contributed by atoms with Crippen molar-refractivity contribution in [1.82, 2.24) is 0 Å². The van der Waals surface area contributed by atoms with Crippen molar-refractivity contribution in [2.24, 2.45) is 0 Å². The minimum Gasteiger partial charge on any atom is -0.300 e. The third-order valence-electron chi connectivity index (χ3n) is 0.808. The van der Waals surface area contributed by atoms with Crippen molar-refractivity contribution >= 4 is 5.78 Å². The molecule has 50 valence electrons. The minimum absolute atomic E-state index is 0.188. The molecule has 1 heteroatoms. The number of hydrogen-bond acceptors (Lipinski definition) is 1. The molecule has 0 rings (SSSR count). The molecule has 0 N–H and O–H groups in total. The van der Waals surface area contributed by atoms with Gasteiger partial charge in [0.25, 0.3) is 0 Å². The molecule has 0 radical (unpaired) electrons. The van der Waals surface area contributed by atoms with Gasteiger partial charge in [0.2, 0.25) is 0 Å². The van der Waals surface area contributed by atoms with Crippen LogP contribution in [-0.4, -0.2) is 5.78 Å². The first-order valence-corrected chi connectivity index (χ1v) is 2.94. The first-order chi connectivity index (χ1) is 4.13. The van der Waals surface area contributed by atoms with E-state index in [-0.39, 0.29) is 5.78 Å². The summed E-state index contributed by atoms with van der Waals surface area (Å²) in [6.07, 6.45) is 4.19. The molecule has 1 nitrogen and oxygen atoms in total. The Morgan fingerprint density at radius 1 is 1.56 bits per heavy atom. The second-order valence-corrected chi connectivity index (χ2v) is 2.15. The number of allylic oxidation sites excluding steroid dienone is 3. The van der Waals surface area contributed by atoms with Gasteiger partial charge in [-0.15, -0.1) is 0 Å². The smallest absolute Gasteiger partial charge is 0.133 e. The second-order valence-electron chi connectivity index (χ2n) is 2.15. The van der Waals surface area contributed by atoms with Crippen LogP contribution in [0.1, 0.15) is 20.3 Å². The van der Waals surface area contributed by atoms with Crippen LogP contribution in [0, 0.1) is 0 Å². The van der Waals surface area contributed by atoms with Crippen molar-refractivity contribution < 1.29 is 4.79 Å². The van der Waals surface area contributed by atoms with Crippen molar-refractivity contribution in [2.45, 2.75) is 20.3 Å². The average Bonchev–Trinajstić information content (AvgIpc) is 1.63. The van der Waals surface area contributed by atoms with Crippen LogP contribution in [0.15, 0.2) is 24.3 Å². The number of carbonyl (C=O) groups excluding carboxylic acids is 1. The van der Waals surface area contributed by atoms with E-state index in [1.807, 2.05) is 19.1 Å². The van der Waals surface area contributed by atoms with Crippen LogP contribution in [0.3, 0.4) is 0 Å². The normalized spacial score (nSPS) is 10.0. The van der Waals surface area contributed by atoms with Crippen LogP contribution in [0.25, 0.3) is 0 Å². The molecule has 0 saturated heterocycles. The van der Waals surface area contributed by atoms with E-state index < -0.39 is 0 Å². The quantitative estimate of drug-likeness (QED) is 0.526. The van der Waals surface area contributed by atoms with E-state index in [0.29, 0.717) is 6.42 Å². The summed E-state index contributed by atoms with van der Waals surface area (Å²) in [6, 6.07) is 0. The average molecular weight is 124 g/mol. The molecule has 0 aliphatic carbocycles. The zero-order valence-electron chi connectivity index (χ0n) is 5.98. The molecule has 0 unspecified atom stereocenters. The number of ketones is 1. The van der Waals surface area contributed by atoms with Crippen LogP contribution < -0.4 is 0 Å². The van der Waals surface area contributed by atoms with Crippen molar-refractivity contribution in [1.29, 1.82) is 0 Å². The highest BCUT2D eigenvalue weighted by Crippen LogP contribution is 1.91. The van der Waals surface area contributed by atoms with Gasteiger partial charge in [0.15, 0.2) is 0 Å². The van der Waals surface area contributed by atoms with Crippen LogP contribution >= 0.6 is 0 Å². The van der Waals surface area contributed by atoms with Crippen molar-refractivity contribution in [3.63, 3.8) is 0 Å². The zero-order valence-corrected chi connectivity index (χ0v) is 5.98. The Kier molecular flexibility index (Phi) is 3.69. The summed E-state index contributed by atoms with van der Waals surface area (Å²) in [7, 11) is 0. The summed E-state index contributed by atoms with van der Waals surface area (Å²) >= 11 is 0. The van der Waals surface area contributed by atoms with Gasteiger partial charge < -0.3 is 0 Å². The van der Waals surface area contributed by atoms with E-state index in [1.165, 1.54) is 0 Å². The summed E-state index contributed by atoms with van der Waals surface area (Å²) in [4.78, 5) is 10.3. The Bertz CT molecular complexity index is 143. The van der Waals surface area contributed by atoms with Gasteiger partial charge in [0.1, 0.15) is 5.78 Å². The maximum Gasteiger partial charge on any atom is 0.133 e. The molecule has 0 aromatic heterocycles. The van der Waals surface area contributed by atoms with Crippen molar-refractivity contribution in [3.05, 3.63) is 24.3 Å². The van der Waals surface area contributed by atoms with Gasteiger partial charge in [-0.3, -0.25) is 4.79 Å². The molecule has 0 aliphatic heterocycles. The van der Waals surface area contributed by atoms with Crippen LogP contribution in [0.4, 0.5) is 0 Å². The maximum absolute atomic E-state index is 10.3. The molecule has 0 heterocycles. The molecule has 0 aliphatic rings. The molecule has 9 heavy (non-hydrogen) atoms. The maximum atomic E-state index is 10.3. The Morgan fingerprint density at radius 2 is 2.11 bits per heavy atom. The monoisotopic (exact) mass is 124 g/mol. The third-order valence-corrected chi connectivity index (χ3v) is 0.808. The van der Waals surface area contributed by atoms with Crippen LogP contribution in [-0.2, 0) is 4.79 Å². The minimum atomic E-state index is 0.188. The van der Waals surface area contributed by atoms with E-state index in [9.17, 15) is 4.79 Å². The largest absolute Gasteiger partial charge is 0.300 e. The van der Waals surface area contributed by atoms with Gasteiger partial charge >= 0.3 is 0 Å². The van der Waals surface area contributed by atoms with E-state index >= 15 is 0 Å². The number of rotatable bonds is 3. The Hall–Kier alpha value is -0.850. The fourth-order valence-corrected chi connectivity index (χ4v) is 0.426. The van der Waals surface area contributed by atoms with E-state index in [4.69, 9.17) is 0 Å². The summed E-state index contributed by atoms with van der Waals surface area (Å²) in [5.41, 5.74) is 0.983. The molecule has 0 aromatic rings. The van der Waals surface area contributed by atoms with Gasteiger partial charge in [0.05, 0.1) is 0 Å². The predicted octanol–water partition coefficient (Wildman–Crippen LogP) is 2.10. The SMILES string of the molecule is C=C(C)/C=C\CC(C)=O. The molecular weight excluding hydrogens is 112 g/mol. The molecule has 0 bridgehead atoms. The van der Waals surface area contributed by atoms with Crippen molar-refractivity contribution in [2.75, 3.05) is 0 Å². The fourth-order valence-electron chi connectivity index (χ4n) is 0.426. The summed E-state index contributed by atoms with van der Waals surface area (Å²) in [5.74, 6) is 0.188.